The highest BCUT2D eigenvalue weighted by Gasteiger charge is 2.24. The number of sulfonamides is 1. The van der Waals surface area contributed by atoms with Crippen LogP contribution in [-0.2, 0) is 16.6 Å². The topological polar surface area (TPSA) is 63.4 Å². The van der Waals surface area contributed by atoms with Gasteiger partial charge in [-0.25, -0.2) is 12.8 Å². The molecule has 2 rings (SSSR count). The van der Waals surface area contributed by atoms with E-state index in [0.717, 1.165) is 4.31 Å². The van der Waals surface area contributed by atoms with Crippen LogP contribution < -0.4 is 5.73 Å². The molecule has 0 saturated carbocycles. The van der Waals surface area contributed by atoms with Crippen LogP contribution in [0.4, 0.5) is 10.1 Å². The minimum Gasteiger partial charge on any atom is -0.399 e. The van der Waals surface area contributed by atoms with Gasteiger partial charge < -0.3 is 5.73 Å². The van der Waals surface area contributed by atoms with Crippen LogP contribution in [0.15, 0.2) is 51.8 Å². The molecule has 0 fully saturated rings. The van der Waals surface area contributed by atoms with Gasteiger partial charge in [0.1, 0.15) is 5.82 Å². The second-order valence-corrected chi connectivity index (χ2v) is 7.41. The summed E-state index contributed by atoms with van der Waals surface area (Å²) in [5.41, 5.74) is 6.37. The van der Waals surface area contributed by atoms with Gasteiger partial charge in [0.05, 0.1) is 4.90 Å². The molecule has 4 nitrogen and oxygen atoms in total. The Morgan fingerprint density at radius 2 is 1.90 bits per heavy atom. The van der Waals surface area contributed by atoms with E-state index in [1.54, 1.807) is 18.2 Å². The summed E-state index contributed by atoms with van der Waals surface area (Å²) in [6, 6.07) is 10.5. The van der Waals surface area contributed by atoms with Crippen LogP contribution in [0, 0.1) is 5.82 Å². The van der Waals surface area contributed by atoms with E-state index in [2.05, 4.69) is 15.9 Å². The van der Waals surface area contributed by atoms with E-state index >= 15 is 0 Å². The minimum absolute atomic E-state index is 0.0498. The van der Waals surface area contributed by atoms with Gasteiger partial charge in [-0.2, -0.15) is 4.31 Å². The van der Waals surface area contributed by atoms with Gasteiger partial charge in [0, 0.05) is 29.3 Å². The van der Waals surface area contributed by atoms with Gasteiger partial charge in [0.2, 0.25) is 10.0 Å². The van der Waals surface area contributed by atoms with Gasteiger partial charge in [-0.05, 0) is 40.2 Å². The average Bonchev–Trinajstić information content (AvgIpc) is 2.40. The van der Waals surface area contributed by atoms with Crippen LogP contribution in [-0.4, -0.2) is 19.8 Å². The zero-order valence-corrected chi connectivity index (χ0v) is 13.7. The summed E-state index contributed by atoms with van der Waals surface area (Å²) in [4.78, 5) is 0.0931. The van der Waals surface area contributed by atoms with Gasteiger partial charge in [0.25, 0.3) is 0 Å². The van der Waals surface area contributed by atoms with Crippen LogP contribution in [0.1, 0.15) is 5.56 Å². The fourth-order valence-corrected chi connectivity index (χ4v) is 4.05. The van der Waals surface area contributed by atoms with E-state index in [-0.39, 0.29) is 11.4 Å². The standard InChI is InChI=1S/C14H14BrFN2O2S/c1-18(9-10-4-2-3-5-13(10)16)21(19,20)14-7-6-11(17)8-12(14)15/h2-8H,9,17H2,1H3. The molecule has 0 saturated heterocycles. The molecule has 0 aliphatic heterocycles. The molecule has 0 aromatic heterocycles. The van der Waals surface area contributed by atoms with Gasteiger partial charge in [-0.3, -0.25) is 0 Å². The van der Waals surface area contributed by atoms with Crippen molar-refractivity contribution in [2.75, 3.05) is 12.8 Å². The summed E-state index contributed by atoms with van der Waals surface area (Å²) >= 11 is 3.19. The lowest BCUT2D eigenvalue weighted by Crippen LogP contribution is -2.27. The molecule has 0 aliphatic rings. The lowest BCUT2D eigenvalue weighted by atomic mass is 10.2. The molecule has 2 N–H and O–H groups in total. The lowest BCUT2D eigenvalue weighted by molar-refractivity contribution is 0.456. The Kier molecular flexibility index (Phi) is 4.65. The smallest absolute Gasteiger partial charge is 0.244 e. The second kappa shape index (κ2) is 6.13. The van der Waals surface area contributed by atoms with Gasteiger partial charge >= 0.3 is 0 Å². The first kappa shape index (κ1) is 15.9. The molecule has 112 valence electrons. The first-order valence-corrected chi connectivity index (χ1v) is 8.30. The van der Waals surface area contributed by atoms with Gasteiger partial charge in [-0.15, -0.1) is 0 Å². The zero-order valence-electron chi connectivity index (χ0n) is 11.3. The number of hydrogen-bond acceptors (Lipinski definition) is 3. The van der Waals surface area contributed by atoms with Crippen LogP contribution in [0.25, 0.3) is 0 Å². The maximum absolute atomic E-state index is 13.6. The number of anilines is 1. The number of nitrogen functional groups attached to an aromatic ring is 1. The molecule has 0 aliphatic carbocycles. The molecule has 0 radical (unpaired) electrons. The summed E-state index contributed by atoms with van der Waals surface area (Å²) in [5, 5.41) is 0. The van der Waals surface area contributed by atoms with Crippen LogP contribution in [0.5, 0.6) is 0 Å². The molecule has 2 aromatic rings. The van der Waals surface area contributed by atoms with Crippen LogP contribution >= 0.6 is 15.9 Å². The van der Waals surface area contributed by atoms with Crippen molar-refractivity contribution in [3.05, 3.63) is 58.3 Å². The Balaban J connectivity index is 2.33. The third-order valence-corrected chi connectivity index (χ3v) is 5.78. The van der Waals surface area contributed by atoms with Crippen molar-refractivity contribution in [3.63, 3.8) is 0 Å². The molecule has 0 atom stereocenters. The second-order valence-electron chi connectivity index (χ2n) is 4.54. The maximum Gasteiger partial charge on any atom is 0.244 e. The van der Waals surface area contributed by atoms with E-state index in [0.29, 0.717) is 15.7 Å². The van der Waals surface area contributed by atoms with E-state index in [4.69, 9.17) is 5.73 Å². The Morgan fingerprint density at radius 3 is 2.52 bits per heavy atom. The first-order valence-electron chi connectivity index (χ1n) is 6.07. The molecule has 7 heteroatoms. The highest BCUT2D eigenvalue weighted by molar-refractivity contribution is 9.10. The Labute approximate surface area is 131 Å². The lowest BCUT2D eigenvalue weighted by Gasteiger charge is -2.18. The van der Waals surface area contributed by atoms with Gasteiger partial charge in [0.15, 0.2) is 0 Å². The highest BCUT2D eigenvalue weighted by atomic mass is 79.9. The van der Waals surface area contributed by atoms with Crippen molar-refractivity contribution in [1.29, 1.82) is 0 Å². The molecule has 0 unspecified atom stereocenters. The van der Waals surface area contributed by atoms with Crippen molar-refractivity contribution in [3.8, 4) is 0 Å². The normalized spacial score (nSPS) is 11.8. The minimum atomic E-state index is -3.74. The van der Waals surface area contributed by atoms with E-state index in [9.17, 15) is 12.8 Å². The Morgan fingerprint density at radius 1 is 1.24 bits per heavy atom. The van der Waals surface area contributed by atoms with Gasteiger partial charge in [-0.1, -0.05) is 18.2 Å². The number of halogens is 2. The molecular weight excluding hydrogens is 359 g/mol. The van der Waals surface area contributed by atoms with E-state index in [1.807, 2.05) is 0 Å². The molecule has 0 spiro atoms. The predicted molar refractivity (Wildman–Crippen MR) is 83.6 cm³/mol. The van der Waals surface area contributed by atoms with Crippen molar-refractivity contribution < 1.29 is 12.8 Å². The molecule has 21 heavy (non-hydrogen) atoms. The van der Waals surface area contributed by atoms with E-state index in [1.165, 1.54) is 31.3 Å². The SMILES string of the molecule is CN(Cc1ccccc1F)S(=O)(=O)c1ccc(N)cc1Br. The number of rotatable bonds is 4. The number of hydrogen-bond donors (Lipinski definition) is 1. The monoisotopic (exact) mass is 372 g/mol. The first-order chi connectivity index (χ1) is 9.82. The van der Waals surface area contributed by atoms with Crippen LogP contribution in [0.3, 0.4) is 0 Å². The summed E-state index contributed by atoms with van der Waals surface area (Å²) in [6.07, 6.45) is 0. The molecule has 0 heterocycles. The largest absolute Gasteiger partial charge is 0.399 e. The fourth-order valence-electron chi connectivity index (χ4n) is 1.85. The van der Waals surface area contributed by atoms with Crippen LogP contribution in [0.2, 0.25) is 0 Å². The summed E-state index contributed by atoms with van der Waals surface area (Å²) < 4.78 is 40.1. The maximum atomic E-state index is 13.6. The summed E-state index contributed by atoms with van der Waals surface area (Å²) in [7, 11) is -2.33. The molecule has 0 bridgehead atoms. The summed E-state index contributed by atoms with van der Waals surface area (Å²) in [5.74, 6) is -0.434. The van der Waals surface area contributed by atoms with Crippen molar-refractivity contribution in [1.82, 2.24) is 4.31 Å². The summed E-state index contributed by atoms with van der Waals surface area (Å²) in [6.45, 7) is -0.0498. The van der Waals surface area contributed by atoms with Crippen molar-refractivity contribution in [2.24, 2.45) is 0 Å². The van der Waals surface area contributed by atoms with Crippen molar-refractivity contribution in [2.45, 2.75) is 11.4 Å². The number of nitrogens with two attached hydrogens (primary N) is 1. The quantitative estimate of drug-likeness (QED) is 0.839. The third-order valence-electron chi connectivity index (χ3n) is 3.00. The third kappa shape index (κ3) is 3.42. The number of nitrogens with zero attached hydrogens (tertiary/aromatic N) is 1. The van der Waals surface area contributed by atoms with E-state index < -0.39 is 15.8 Å². The fraction of sp³-hybridized carbons (Fsp3) is 0.143. The Hall–Kier alpha value is -1.44. The predicted octanol–water partition coefficient (Wildman–Crippen LogP) is 2.99. The Bertz CT molecular complexity index is 765. The highest BCUT2D eigenvalue weighted by Crippen LogP contribution is 2.27. The average molecular weight is 373 g/mol. The molecular formula is C14H14BrFN2O2S. The number of benzene rings is 2. The van der Waals surface area contributed by atoms with Crippen molar-refractivity contribution >= 4 is 31.6 Å². The molecule has 2 aromatic carbocycles. The molecule has 0 amide bonds. The zero-order chi connectivity index (χ0) is 15.6.